The Kier molecular flexibility index (Phi) is 1.85. The van der Waals surface area contributed by atoms with Crippen molar-refractivity contribution in [3.63, 3.8) is 0 Å². The molecule has 0 aliphatic heterocycles. The van der Waals surface area contributed by atoms with Crippen LogP contribution in [0.3, 0.4) is 0 Å². The molecule has 1 aromatic heterocycles. The fourth-order valence-electron chi connectivity index (χ4n) is 0.807. The van der Waals surface area contributed by atoms with E-state index in [1.807, 2.05) is 0 Å². The average Bonchev–Trinajstić information content (AvgIpc) is 2.32. The third-order valence-corrected chi connectivity index (χ3v) is 1.30. The van der Waals surface area contributed by atoms with Crippen molar-refractivity contribution < 1.29 is 4.42 Å². The second-order valence-electron chi connectivity index (χ2n) is 2.40. The number of aromatic nitrogens is 1. The summed E-state index contributed by atoms with van der Waals surface area (Å²) in [5.74, 6) is 0. The first-order valence-corrected chi connectivity index (χ1v) is 3.25. The highest BCUT2D eigenvalue weighted by molar-refractivity contribution is 5.39. The number of oxazole rings is 1. The van der Waals surface area contributed by atoms with Crippen molar-refractivity contribution in [1.29, 1.82) is 0 Å². The summed E-state index contributed by atoms with van der Waals surface area (Å²) >= 11 is 0. The van der Waals surface area contributed by atoms with Crippen LogP contribution in [-0.2, 0) is 0 Å². The van der Waals surface area contributed by atoms with Crippen molar-refractivity contribution in [2.24, 2.45) is 11.5 Å². The highest BCUT2D eigenvalue weighted by Gasteiger charge is 1.94. The molecule has 0 fully saturated rings. The average molecular weight is 153 g/mol. The standard InChI is InChI=1S/C7H11N3O/c1-4(8)6-7(5(2)9)11-3-10-6/h3H,8-9H2,1-2H3/b6-4+,7-5+. The first kappa shape index (κ1) is 7.65. The zero-order chi connectivity index (χ0) is 8.43. The lowest BCUT2D eigenvalue weighted by atomic mass is 10.4. The van der Waals surface area contributed by atoms with Crippen LogP contribution in [0.25, 0.3) is 11.4 Å². The molecule has 4 heteroatoms. The van der Waals surface area contributed by atoms with Crippen molar-refractivity contribution in [3.05, 3.63) is 17.2 Å². The molecule has 0 saturated heterocycles. The van der Waals surface area contributed by atoms with E-state index in [4.69, 9.17) is 15.9 Å². The van der Waals surface area contributed by atoms with Gasteiger partial charge in [-0.2, -0.15) is 0 Å². The first-order chi connectivity index (χ1) is 5.13. The Balaban J connectivity index is 3.68. The minimum atomic E-state index is 0.560. The molecule has 0 spiro atoms. The van der Waals surface area contributed by atoms with Crippen LogP contribution in [0.1, 0.15) is 13.8 Å². The largest absolute Gasteiger partial charge is 0.442 e. The molecule has 0 bridgehead atoms. The molecule has 11 heavy (non-hydrogen) atoms. The topological polar surface area (TPSA) is 78.1 Å². The SMILES string of the molecule is C/C(N)=c1\nco\c1=C(/C)N. The monoisotopic (exact) mass is 153 g/mol. The van der Waals surface area contributed by atoms with Crippen molar-refractivity contribution in [2.45, 2.75) is 13.8 Å². The van der Waals surface area contributed by atoms with Crippen LogP contribution in [0.5, 0.6) is 0 Å². The van der Waals surface area contributed by atoms with E-state index in [1.54, 1.807) is 13.8 Å². The molecule has 0 amide bonds. The highest BCUT2D eigenvalue weighted by Crippen LogP contribution is 1.75. The summed E-state index contributed by atoms with van der Waals surface area (Å²) in [6.07, 6.45) is 1.33. The summed E-state index contributed by atoms with van der Waals surface area (Å²) in [6, 6.07) is 0. The number of nitrogens with two attached hydrogens (primary N) is 2. The minimum absolute atomic E-state index is 0.560. The maximum Gasteiger partial charge on any atom is 0.182 e. The van der Waals surface area contributed by atoms with E-state index in [-0.39, 0.29) is 0 Å². The summed E-state index contributed by atoms with van der Waals surface area (Å²) in [4.78, 5) is 3.91. The number of hydrogen-bond acceptors (Lipinski definition) is 4. The lowest BCUT2D eigenvalue weighted by molar-refractivity contribution is 0.520. The van der Waals surface area contributed by atoms with E-state index < -0.39 is 0 Å². The van der Waals surface area contributed by atoms with Gasteiger partial charge in [-0.1, -0.05) is 0 Å². The van der Waals surface area contributed by atoms with Crippen LogP contribution >= 0.6 is 0 Å². The van der Waals surface area contributed by atoms with Gasteiger partial charge in [0.25, 0.3) is 0 Å². The Bertz CT molecular complexity index is 321. The fraction of sp³-hybridized carbons (Fsp3) is 0.286. The third-order valence-electron chi connectivity index (χ3n) is 1.30. The quantitative estimate of drug-likeness (QED) is 0.493. The molecule has 60 valence electrons. The highest BCUT2D eigenvalue weighted by atomic mass is 16.3. The molecule has 1 rings (SSSR count). The molecule has 0 atom stereocenters. The Morgan fingerprint density at radius 2 is 2.00 bits per heavy atom. The zero-order valence-corrected chi connectivity index (χ0v) is 6.59. The molecule has 1 aromatic rings. The number of rotatable bonds is 0. The smallest absolute Gasteiger partial charge is 0.182 e. The summed E-state index contributed by atoms with van der Waals surface area (Å²) in [5.41, 5.74) is 12.8. The zero-order valence-electron chi connectivity index (χ0n) is 6.59. The molecule has 4 N–H and O–H groups in total. The summed E-state index contributed by atoms with van der Waals surface area (Å²) in [5, 5.41) is 0.630. The van der Waals surface area contributed by atoms with E-state index in [9.17, 15) is 0 Å². The second kappa shape index (κ2) is 2.65. The molecular weight excluding hydrogens is 142 g/mol. The molecule has 0 saturated carbocycles. The van der Waals surface area contributed by atoms with Crippen molar-refractivity contribution in [2.75, 3.05) is 0 Å². The van der Waals surface area contributed by atoms with Gasteiger partial charge in [0, 0.05) is 5.70 Å². The molecule has 0 aliphatic rings. The van der Waals surface area contributed by atoms with Gasteiger partial charge in [-0.25, -0.2) is 4.98 Å². The maximum atomic E-state index is 5.52. The molecule has 0 aromatic carbocycles. The van der Waals surface area contributed by atoms with E-state index in [0.717, 1.165) is 0 Å². The maximum absolute atomic E-state index is 5.52. The normalized spacial score (nSPS) is 16.2. The Labute approximate surface area is 64.2 Å². The van der Waals surface area contributed by atoms with E-state index in [0.29, 0.717) is 22.2 Å². The van der Waals surface area contributed by atoms with Gasteiger partial charge in [0.15, 0.2) is 11.8 Å². The van der Waals surface area contributed by atoms with E-state index in [2.05, 4.69) is 4.98 Å². The summed E-state index contributed by atoms with van der Waals surface area (Å²) in [6.45, 7) is 3.50. The molecular formula is C7H11N3O. The predicted octanol–water partition coefficient (Wildman–Crippen LogP) is -1.15. The van der Waals surface area contributed by atoms with Crippen LogP contribution in [0.4, 0.5) is 0 Å². The van der Waals surface area contributed by atoms with Gasteiger partial charge in [-0.3, -0.25) is 0 Å². The Hall–Kier alpha value is -1.45. The minimum Gasteiger partial charge on any atom is -0.442 e. The van der Waals surface area contributed by atoms with Gasteiger partial charge in [0.05, 0.1) is 5.70 Å². The number of hydrogen-bond donors (Lipinski definition) is 2. The third kappa shape index (κ3) is 1.34. The van der Waals surface area contributed by atoms with E-state index in [1.165, 1.54) is 6.39 Å². The summed E-state index contributed by atoms with van der Waals surface area (Å²) < 4.78 is 5.01. The van der Waals surface area contributed by atoms with Gasteiger partial charge in [0.1, 0.15) is 5.35 Å². The molecule has 4 nitrogen and oxygen atoms in total. The molecule has 1 heterocycles. The summed E-state index contributed by atoms with van der Waals surface area (Å²) in [7, 11) is 0. The Morgan fingerprint density at radius 1 is 1.36 bits per heavy atom. The van der Waals surface area contributed by atoms with Gasteiger partial charge >= 0.3 is 0 Å². The van der Waals surface area contributed by atoms with Crippen LogP contribution < -0.4 is 22.2 Å². The van der Waals surface area contributed by atoms with E-state index >= 15 is 0 Å². The van der Waals surface area contributed by atoms with Crippen LogP contribution in [-0.4, -0.2) is 4.98 Å². The van der Waals surface area contributed by atoms with Crippen molar-refractivity contribution in [1.82, 2.24) is 4.98 Å². The van der Waals surface area contributed by atoms with Gasteiger partial charge < -0.3 is 15.9 Å². The van der Waals surface area contributed by atoms with Crippen LogP contribution in [0, 0.1) is 0 Å². The fourth-order valence-corrected chi connectivity index (χ4v) is 0.807. The molecule has 0 aliphatic carbocycles. The van der Waals surface area contributed by atoms with Gasteiger partial charge in [-0.15, -0.1) is 0 Å². The number of nitrogens with zero attached hydrogens (tertiary/aromatic N) is 1. The van der Waals surface area contributed by atoms with Crippen LogP contribution in [0.2, 0.25) is 0 Å². The second-order valence-corrected chi connectivity index (χ2v) is 2.40. The van der Waals surface area contributed by atoms with Gasteiger partial charge in [0.2, 0.25) is 0 Å². The Morgan fingerprint density at radius 3 is 2.36 bits per heavy atom. The first-order valence-electron chi connectivity index (χ1n) is 3.25. The lowest BCUT2D eigenvalue weighted by Crippen LogP contribution is -2.30. The van der Waals surface area contributed by atoms with Crippen molar-refractivity contribution in [3.8, 4) is 0 Å². The lowest BCUT2D eigenvalue weighted by Gasteiger charge is -1.85. The molecule has 0 radical (unpaired) electrons. The van der Waals surface area contributed by atoms with Crippen molar-refractivity contribution >= 4 is 11.4 Å². The predicted molar refractivity (Wildman–Crippen MR) is 42.3 cm³/mol. The molecule has 0 unspecified atom stereocenters. The van der Waals surface area contributed by atoms with Gasteiger partial charge in [-0.05, 0) is 13.8 Å². The van der Waals surface area contributed by atoms with Crippen LogP contribution in [0.15, 0.2) is 10.8 Å².